The van der Waals surface area contributed by atoms with Crippen molar-refractivity contribution in [2.24, 2.45) is 0 Å². The molecule has 10 heteroatoms. The van der Waals surface area contributed by atoms with E-state index in [0.717, 1.165) is 41.8 Å². The van der Waals surface area contributed by atoms with E-state index < -0.39 is 0 Å². The van der Waals surface area contributed by atoms with Crippen LogP contribution in [0.2, 0.25) is 0 Å². The van der Waals surface area contributed by atoms with Gasteiger partial charge in [-0.1, -0.05) is 6.07 Å². The summed E-state index contributed by atoms with van der Waals surface area (Å²) >= 11 is 1.54. The summed E-state index contributed by atoms with van der Waals surface area (Å²) in [6.07, 6.45) is 3.46. The number of hydrogen-bond acceptors (Lipinski definition) is 7. The second-order valence-electron chi connectivity index (χ2n) is 7.85. The summed E-state index contributed by atoms with van der Waals surface area (Å²) in [4.78, 5) is 34.2. The van der Waals surface area contributed by atoms with Gasteiger partial charge in [-0.25, -0.2) is 4.98 Å². The number of fused-ring (bicyclic) bond motifs is 2. The van der Waals surface area contributed by atoms with Crippen LogP contribution in [-0.4, -0.2) is 32.4 Å². The average molecular weight is 462 g/mol. The van der Waals surface area contributed by atoms with Crippen LogP contribution >= 0.6 is 11.3 Å². The molecule has 0 unspecified atom stereocenters. The highest BCUT2D eigenvalue weighted by molar-refractivity contribution is 7.13. The Kier molecular flexibility index (Phi) is 4.72. The van der Waals surface area contributed by atoms with Crippen LogP contribution in [0.4, 0.5) is 5.82 Å². The number of carbonyl (C=O) groups is 1. The molecule has 4 heterocycles. The van der Waals surface area contributed by atoms with Crippen LogP contribution in [-0.2, 0) is 12.8 Å². The zero-order chi connectivity index (χ0) is 22.4. The molecule has 3 aromatic heterocycles. The van der Waals surface area contributed by atoms with Gasteiger partial charge in [0.25, 0.3) is 11.5 Å². The van der Waals surface area contributed by atoms with Crippen LogP contribution in [0.1, 0.15) is 34.5 Å². The lowest BCUT2D eigenvalue weighted by molar-refractivity contribution is 0.102. The molecule has 2 N–H and O–H groups in total. The third-order valence-corrected chi connectivity index (χ3v) is 6.63. The van der Waals surface area contributed by atoms with Crippen molar-refractivity contribution in [1.82, 2.24) is 19.7 Å². The number of thiophene rings is 1. The molecule has 1 aromatic carbocycles. The van der Waals surface area contributed by atoms with Crippen molar-refractivity contribution in [2.45, 2.75) is 25.7 Å². The zero-order valence-corrected chi connectivity index (χ0v) is 18.3. The van der Waals surface area contributed by atoms with Crippen molar-refractivity contribution in [3.63, 3.8) is 0 Å². The maximum atomic E-state index is 13.1. The van der Waals surface area contributed by atoms with Gasteiger partial charge in [0.15, 0.2) is 11.5 Å². The van der Waals surface area contributed by atoms with Crippen molar-refractivity contribution in [2.75, 3.05) is 12.1 Å². The third kappa shape index (κ3) is 3.58. The van der Waals surface area contributed by atoms with Gasteiger partial charge in [0, 0.05) is 17.2 Å². The molecule has 0 atom stereocenters. The largest absolute Gasteiger partial charge is 0.454 e. The Morgan fingerprint density at radius 2 is 2.00 bits per heavy atom. The van der Waals surface area contributed by atoms with E-state index in [1.54, 1.807) is 24.3 Å². The van der Waals surface area contributed by atoms with Crippen LogP contribution < -0.4 is 20.3 Å². The van der Waals surface area contributed by atoms with Crippen molar-refractivity contribution in [3.05, 3.63) is 69.0 Å². The average Bonchev–Trinajstić information content (AvgIpc) is 3.59. The molecule has 1 aliphatic carbocycles. The van der Waals surface area contributed by atoms with Gasteiger partial charge in [0.1, 0.15) is 11.5 Å². The Hall–Kier alpha value is -3.92. The van der Waals surface area contributed by atoms with Crippen molar-refractivity contribution >= 4 is 23.1 Å². The predicted molar refractivity (Wildman–Crippen MR) is 122 cm³/mol. The van der Waals surface area contributed by atoms with E-state index in [4.69, 9.17) is 9.47 Å². The van der Waals surface area contributed by atoms with E-state index in [1.807, 2.05) is 17.5 Å². The minimum Gasteiger partial charge on any atom is -0.454 e. The molecule has 0 fully saturated rings. The molecule has 9 nitrogen and oxygen atoms in total. The Morgan fingerprint density at radius 3 is 2.88 bits per heavy atom. The van der Waals surface area contributed by atoms with E-state index in [0.29, 0.717) is 28.6 Å². The minimum atomic E-state index is -0.340. The first-order chi connectivity index (χ1) is 16.2. The van der Waals surface area contributed by atoms with E-state index >= 15 is 0 Å². The Balaban J connectivity index is 1.40. The molecule has 0 saturated carbocycles. The fraction of sp³-hybridized carbons (Fsp3) is 0.217. The van der Waals surface area contributed by atoms with Crippen molar-refractivity contribution in [1.29, 1.82) is 0 Å². The molecule has 1 amide bonds. The Bertz CT molecular complexity index is 1420. The number of ether oxygens (including phenoxy) is 2. The number of H-pyrrole nitrogens is 1. The topological polar surface area (TPSA) is 111 Å². The number of aryl methyl sites for hydroxylation is 1. The quantitative estimate of drug-likeness (QED) is 0.481. The first kappa shape index (κ1) is 19.7. The number of benzene rings is 1. The summed E-state index contributed by atoms with van der Waals surface area (Å²) in [6, 6.07) is 10.7. The van der Waals surface area contributed by atoms with Gasteiger partial charge in [-0.2, -0.15) is 9.78 Å². The molecule has 2 aliphatic rings. The maximum absolute atomic E-state index is 13.1. The van der Waals surface area contributed by atoms with Crippen LogP contribution in [0.15, 0.2) is 46.6 Å². The van der Waals surface area contributed by atoms with Gasteiger partial charge in [-0.3, -0.25) is 14.6 Å². The molecule has 6 rings (SSSR count). The number of aromatic nitrogens is 4. The molecule has 1 aliphatic heterocycles. The van der Waals surface area contributed by atoms with Crippen LogP contribution in [0.25, 0.3) is 16.5 Å². The van der Waals surface area contributed by atoms with E-state index in [9.17, 15) is 9.59 Å². The van der Waals surface area contributed by atoms with Crippen LogP contribution in [0.3, 0.4) is 0 Å². The zero-order valence-electron chi connectivity index (χ0n) is 17.5. The number of nitrogens with zero attached hydrogens (tertiary/aromatic N) is 3. The molecule has 33 heavy (non-hydrogen) atoms. The normalized spacial score (nSPS) is 14.2. The maximum Gasteiger partial charge on any atom is 0.256 e. The first-order valence-electron chi connectivity index (χ1n) is 10.6. The van der Waals surface area contributed by atoms with Gasteiger partial charge in [-0.15, -0.1) is 11.3 Å². The lowest BCUT2D eigenvalue weighted by Crippen LogP contribution is -2.24. The van der Waals surface area contributed by atoms with Gasteiger partial charge in [0.2, 0.25) is 12.7 Å². The summed E-state index contributed by atoms with van der Waals surface area (Å²) in [7, 11) is 0. The summed E-state index contributed by atoms with van der Waals surface area (Å²) in [5, 5.41) is 9.52. The highest BCUT2D eigenvalue weighted by Gasteiger charge is 2.22. The molecular formula is C23H19N5O4S. The number of rotatable bonds is 4. The number of hydrogen-bond donors (Lipinski definition) is 2. The molecule has 0 bridgehead atoms. The Morgan fingerprint density at radius 1 is 1.12 bits per heavy atom. The Labute approximate surface area is 192 Å². The first-order valence-corrected chi connectivity index (χ1v) is 11.5. The summed E-state index contributed by atoms with van der Waals surface area (Å²) in [5.41, 5.74) is 2.46. The monoisotopic (exact) mass is 461 g/mol. The number of nitrogens with one attached hydrogen (secondary N) is 2. The van der Waals surface area contributed by atoms with Gasteiger partial charge < -0.3 is 14.8 Å². The molecule has 0 radical (unpaired) electrons. The highest BCUT2D eigenvalue weighted by atomic mass is 32.1. The third-order valence-electron chi connectivity index (χ3n) is 5.74. The van der Waals surface area contributed by atoms with E-state index in [1.165, 1.54) is 16.0 Å². The molecule has 0 saturated heterocycles. The van der Waals surface area contributed by atoms with Gasteiger partial charge >= 0.3 is 0 Å². The number of amides is 1. The number of anilines is 1. The smallest absolute Gasteiger partial charge is 0.256 e. The van der Waals surface area contributed by atoms with Crippen molar-refractivity contribution in [3.8, 4) is 28.0 Å². The van der Waals surface area contributed by atoms with E-state index in [-0.39, 0.29) is 24.2 Å². The fourth-order valence-corrected chi connectivity index (χ4v) is 4.77. The highest BCUT2D eigenvalue weighted by Crippen LogP contribution is 2.33. The molecule has 4 aromatic rings. The number of carbonyl (C=O) groups excluding carboxylic acids is 1. The fourth-order valence-electron chi connectivity index (χ4n) is 4.09. The SMILES string of the molecule is O=C(Nc1cc(-c2cccs2)nn1-c1nc2c(c(=O)[nH]1)CCCC2)c1ccc2c(c1)OCO2. The van der Waals surface area contributed by atoms with Crippen molar-refractivity contribution < 1.29 is 14.3 Å². The number of aromatic amines is 1. The predicted octanol–water partition coefficient (Wildman–Crippen LogP) is 3.54. The summed E-state index contributed by atoms with van der Waals surface area (Å²) in [6.45, 7) is 0.134. The van der Waals surface area contributed by atoms with E-state index in [2.05, 4.69) is 20.4 Å². The minimum absolute atomic E-state index is 0.134. The van der Waals surface area contributed by atoms with Crippen LogP contribution in [0.5, 0.6) is 11.5 Å². The lowest BCUT2D eigenvalue weighted by Gasteiger charge is -2.15. The molecule has 166 valence electrons. The molecular weight excluding hydrogens is 442 g/mol. The molecule has 0 spiro atoms. The van der Waals surface area contributed by atoms with Crippen LogP contribution in [0, 0.1) is 0 Å². The van der Waals surface area contributed by atoms with Gasteiger partial charge in [0.05, 0.1) is 10.6 Å². The second kappa shape index (κ2) is 7.89. The summed E-state index contributed by atoms with van der Waals surface area (Å²) < 4.78 is 12.2. The second-order valence-corrected chi connectivity index (χ2v) is 8.80. The summed E-state index contributed by atoms with van der Waals surface area (Å²) in [5.74, 6) is 1.47. The standard InChI is InChI=1S/C23H19N5O4S/c29-21(13-7-8-17-18(10-13)32-12-31-17)25-20-11-16(19-6-3-9-33-19)27-28(20)23-24-15-5-2-1-4-14(15)22(30)26-23/h3,6-11H,1-2,4-5,12H2,(H,25,29)(H,24,26,30). The lowest BCUT2D eigenvalue weighted by atomic mass is 9.97. The van der Waals surface area contributed by atoms with Gasteiger partial charge in [-0.05, 0) is 55.3 Å².